The van der Waals surface area contributed by atoms with E-state index in [1.807, 2.05) is 13.8 Å². The van der Waals surface area contributed by atoms with Crippen molar-refractivity contribution in [3.63, 3.8) is 0 Å². The molecule has 0 aliphatic rings. The van der Waals surface area contributed by atoms with Gasteiger partial charge in [-0.2, -0.15) is 0 Å². The summed E-state index contributed by atoms with van der Waals surface area (Å²) in [7, 11) is 0. The first-order valence-electron chi connectivity index (χ1n) is 6.16. The van der Waals surface area contributed by atoms with Crippen molar-refractivity contribution in [1.82, 2.24) is 10.3 Å². The molecule has 0 atom stereocenters. The van der Waals surface area contributed by atoms with Gasteiger partial charge in [-0.3, -0.25) is 9.78 Å². The summed E-state index contributed by atoms with van der Waals surface area (Å²) in [5, 5.41) is 2.75. The molecule has 0 spiro atoms. The van der Waals surface area contributed by atoms with Gasteiger partial charge >= 0.3 is 0 Å². The van der Waals surface area contributed by atoms with Gasteiger partial charge in [0.05, 0.1) is 11.8 Å². The van der Waals surface area contributed by atoms with Crippen molar-refractivity contribution in [3.05, 3.63) is 29.8 Å². The van der Waals surface area contributed by atoms with Crippen LogP contribution in [-0.2, 0) is 0 Å². The van der Waals surface area contributed by atoms with E-state index in [1.165, 1.54) is 12.3 Å². The maximum Gasteiger partial charge on any atom is 0.254 e. The summed E-state index contributed by atoms with van der Waals surface area (Å²) < 4.78 is 13.4. The molecule has 1 amide bonds. The van der Waals surface area contributed by atoms with Crippen LogP contribution >= 0.6 is 0 Å². The van der Waals surface area contributed by atoms with Gasteiger partial charge in [-0.1, -0.05) is 13.8 Å². The number of hydrogen-bond donors (Lipinski definition) is 2. The number of nitrogens with two attached hydrogens (primary N) is 1. The quantitative estimate of drug-likeness (QED) is 0.811. The molecule has 0 bridgehead atoms. The van der Waals surface area contributed by atoms with Crippen molar-refractivity contribution in [2.24, 2.45) is 11.1 Å². The summed E-state index contributed by atoms with van der Waals surface area (Å²) in [6.45, 7) is 5.03. The van der Waals surface area contributed by atoms with Crippen LogP contribution in [0.5, 0.6) is 0 Å². The predicted octanol–water partition coefficient (Wildman–Crippen LogP) is 1.72. The van der Waals surface area contributed by atoms with Crippen molar-refractivity contribution in [1.29, 1.82) is 0 Å². The Hall–Kier alpha value is -1.49. The first-order valence-corrected chi connectivity index (χ1v) is 6.16. The first-order chi connectivity index (χ1) is 8.58. The van der Waals surface area contributed by atoms with Crippen molar-refractivity contribution < 1.29 is 9.18 Å². The van der Waals surface area contributed by atoms with Gasteiger partial charge in [-0.05, 0) is 30.9 Å². The second-order valence-corrected chi connectivity index (χ2v) is 4.45. The normalized spacial score (nSPS) is 11.3. The van der Waals surface area contributed by atoms with Crippen LogP contribution in [0.4, 0.5) is 4.39 Å². The number of halogens is 1. The van der Waals surface area contributed by atoms with E-state index in [4.69, 9.17) is 5.73 Å². The number of aromatic nitrogens is 1. The number of nitrogens with one attached hydrogen (secondary N) is 1. The molecule has 100 valence electrons. The molecular weight excluding hydrogens is 233 g/mol. The predicted molar refractivity (Wildman–Crippen MR) is 68.6 cm³/mol. The molecule has 1 rings (SSSR count). The van der Waals surface area contributed by atoms with E-state index in [0.717, 1.165) is 19.0 Å². The van der Waals surface area contributed by atoms with Crippen LogP contribution in [0.2, 0.25) is 0 Å². The lowest BCUT2D eigenvalue weighted by atomic mass is 9.82. The van der Waals surface area contributed by atoms with E-state index >= 15 is 0 Å². The summed E-state index contributed by atoms with van der Waals surface area (Å²) >= 11 is 0. The average molecular weight is 253 g/mol. The first kappa shape index (κ1) is 14.6. The van der Waals surface area contributed by atoms with Crippen LogP contribution in [-0.4, -0.2) is 24.0 Å². The van der Waals surface area contributed by atoms with Gasteiger partial charge in [0.1, 0.15) is 0 Å². The summed E-state index contributed by atoms with van der Waals surface area (Å²) in [6.07, 6.45) is 4.18. The summed E-state index contributed by atoms with van der Waals surface area (Å²) in [5.41, 5.74) is 5.65. The van der Waals surface area contributed by atoms with E-state index in [0.29, 0.717) is 13.1 Å². The minimum absolute atomic E-state index is 0.0168. The highest BCUT2D eigenvalue weighted by Crippen LogP contribution is 2.23. The van der Waals surface area contributed by atoms with E-state index in [-0.39, 0.29) is 11.0 Å². The molecule has 0 saturated carbocycles. The second-order valence-electron chi connectivity index (χ2n) is 4.45. The van der Waals surface area contributed by atoms with Crippen LogP contribution in [0.3, 0.4) is 0 Å². The van der Waals surface area contributed by atoms with Crippen molar-refractivity contribution >= 4 is 5.91 Å². The third kappa shape index (κ3) is 3.26. The smallest absolute Gasteiger partial charge is 0.254 e. The van der Waals surface area contributed by atoms with Crippen molar-refractivity contribution in [2.45, 2.75) is 26.7 Å². The molecular formula is C13H20FN3O. The van der Waals surface area contributed by atoms with E-state index in [9.17, 15) is 9.18 Å². The molecule has 0 saturated heterocycles. The SMILES string of the molecule is CCC(CC)(CN)CNC(=O)c1ccncc1F. The fourth-order valence-electron chi connectivity index (χ4n) is 1.78. The molecule has 4 nitrogen and oxygen atoms in total. The Balaban J connectivity index is 2.69. The Labute approximate surface area is 107 Å². The van der Waals surface area contributed by atoms with Gasteiger partial charge < -0.3 is 11.1 Å². The average Bonchev–Trinajstić information content (AvgIpc) is 2.41. The van der Waals surface area contributed by atoms with Gasteiger partial charge in [0, 0.05) is 12.7 Å². The lowest BCUT2D eigenvalue weighted by Gasteiger charge is -2.30. The largest absolute Gasteiger partial charge is 0.351 e. The standard InChI is InChI=1S/C13H20FN3O/c1-3-13(4-2,8-15)9-17-12(18)10-5-6-16-7-11(10)14/h5-7H,3-4,8-9,15H2,1-2H3,(H,17,18). The number of carbonyl (C=O) groups excluding carboxylic acids is 1. The highest BCUT2D eigenvalue weighted by molar-refractivity contribution is 5.94. The number of amides is 1. The Morgan fingerprint density at radius 3 is 2.67 bits per heavy atom. The van der Waals surface area contributed by atoms with Crippen LogP contribution in [0, 0.1) is 11.2 Å². The monoisotopic (exact) mass is 253 g/mol. The highest BCUT2D eigenvalue weighted by atomic mass is 19.1. The summed E-state index contributed by atoms with van der Waals surface area (Å²) in [6, 6.07) is 1.37. The fraction of sp³-hybridized carbons (Fsp3) is 0.538. The van der Waals surface area contributed by atoms with Crippen molar-refractivity contribution in [2.75, 3.05) is 13.1 Å². The highest BCUT2D eigenvalue weighted by Gasteiger charge is 2.25. The molecule has 1 heterocycles. The van der Waals surface area contributed by atoms with Crippen LogP contribution in [0.25, 0.3) is 0 Å². The van der Waals surface area contributed by atoms with Gasteiger partial charge in [-0.15, -0.1) is 0 Å². The summed E-state index contributed by atoms with van der Waals surface area (Å²) in [5.74, 6) is -1.03. The zero-order valence-corrected chi connectivity index (χ0v) is 10.9. The summed E-state index contributed by atoms with van der Waals surface area (Å²) in [4.78, 5) is 15.4. The lowest BCUT2D eigenvalue weighted by molar-refractivity contribution is 0.0924. The molecule has 1 aromatic heterocycles. The number of nitrogens with zero attached hydrogens (tertiary/aromatic N) is 1. The molecule has 0 aromatic carbocycles. The van der Waals surface area contributed by atoms with Crippen LogP contribution in [0.15, 0.2) is 18.5 Å². The molecule has 18 heavy (non-hydrogen) atoms. The Kier molecular flexibility index (Phi) is 5.22. The van der Waals surface area contributed by atoms with Gasteiger partial charge in [0.15, 0.2) is 5.82 Å². The number of rotatable bonds is 6. The van der Waals surface area contributed by atoms with Gasteiger partial charge in [0.2, 0.25) is 0 Å². The van der Waals surface area contributed by atoms with E-state index in [1.54, 1.807) is 0 Å². The zero-order valence-electron chi connectivity index (χ0n) is 10.9. The minimum Gasteiger partial charge on any atom is -0.351 e. The van der Waals surface area contributed by atoms with Crippen LogP contribution in [0.1, 0.15) is 37.0 Å². The molecule has 0 radical (unpaired) electrons. The third-order valence-corrected chi connectivity index (χ3v) is 3.57. The number of carbonyl (C=O) groups is 1. The van der Waals surface area contributed by atoms with E-state index < -0.39 is 11.7 Å². The van der Waals surface area contributed by atoms with Crippen molar-refractivity contribution in [3.8, 4) is 0 Å². The van der Waals surface area contributed by atoms with Gasteiger partial charge in [-0.25, -0.2) is 4.39 Å². The van der Waals surface area contributed by atoms with E-state index in [2.05, 4.69) is 10.3 Å². The second kappa shape index (κ2) is 6.44. The minimum atomic E-state index is -0.610. The Morgan fingerprint density at radius 2 is 2.17 bits per heavy atom. The molecule has 0 aliphatic carbocycles. The Bertz CT molecular complexity index is 397. The number of hydrogen-bond acceptors (Lipinski definition) is 3. The zero-order chi connectivity index (χ0) is 13.6. The molecule has 0 aliphatic heterocycles. The lowest BCUT2D eigenvalue weighted by Crippen LogP contribution is -2.42. The molecule has 0 fully saturated rings. The maximum atomic E-state index is 13.4. The fourth-order valence-corrected chi connectivity index (χ4v) is 1.78. The topological polar surface area (TPSA) is 68.0 Å². The molecule has 1 aromatic rings. The number of pyridine rings is 1. The molecule has 3 N–H and O–H groups in total. The third-order valence-electron chi connectivity index (χ3n) is 3.57. The van der Waals surface area contributed by atoms with Crippen LogP contribution < -0.4 is 11.1 Å². The molecule has 0 unspecified atom stereocenters. The maximum absolute atomic E-state index is 13.4. The Morgan fingerprint density at radius 1 is 1.50 bits per heavy atom. The molecule has 5 heteroatoms. The van der Waals surface area contributed by atoms with Gasteiger partial charge in [0.25, 0.3) is 5.91 Å².